The largest absolute Gasteiger partial charge is 0.416 e. The molecule has 0 aliphatic carbocycles. The Morgan fingerprint density at radius 1 is 0.905 bits per heavy atom. The van der Waals surface area contributed by atoms with Gasteiger partial charge in [-0.1, -0.05) is 0 Å². The molecule has 0 aliphatic rings. The first kappa shape index (κ1) is 17.8. The summed E-state index contributed by atoms with van der Waals surface area (Å²) in [6.07, 6.45) is -9.72. The second-order valence-electron chi connectivity index (χ2n) is 5.31. The molecule has 1 rings (SSSR count). The van der Waals surface area contributed by atoms with Crippen LogP contribution in [0, 0.1) is 0 Å². The second-order valence-corrected chi connectivity index (χ2v) is 5.31. The number of aliphatic hydroxyl groups excluding tert-OH is 1. The molecule has 21 heavy (non-hydrogen) atoms. The standard InChI is InChI=1S/C13H15F6NO/c1-11(2,7-21)20-6-8-3-9(12(14,15)16)5-10(4-8)13(17,18)19/h3-5,20-21H,6-7H2,1-2H3. The Morgan fingerprint density at radius 2 is 1.33 bits per heavy atom. The molecule has 0 saturated carbocycles. The van der Waals surface area contributed by atoms with Gasteiger partial charge in [0.15, 0.2) is 0 Å². The smallest absolute Gasteiger partial charge is 0.394 e. The summed E-state index contributed by atoms with van der Waals surface area (Å²) in [5.74, 6) is 0. The summed E-state index contributed by atoms with van der Waals surface area (Å²) in [7, 11) is 0. The zero-order valence-corrected chi connectivity index (χ0v) is 11.4. The minimum absolute atomic E-state index is 0.0840. The van der Waals surface area contributed by atoms with Gasteiger partial charge < -0.3 is 10.4 Å². The highest BCUT2D eigenvalue weighted by Gasteiger charge is 2.36. The van der Waals surface area contributed by atoms with Crippen LogP contribution in [0.2, 0.25) is 0 Å². The molecular weight excluding hydrogens is 300 g/mol. The van der Waals surface area contributed by atoms with Crippen LogP contribution < -0.4 is 5.32 Å². The zero-order valence-electron chi connectivity index (χ0n) is 11.4. The van der Waals surface area contributed by atoms with Crippen molar-refractivity contribution in [2.75, 3.05) is 6.61 Å². The van der Waals surface area contributed by atoms with Gasteiger partial charge in [0.1, 0.15) is 0 Å². The van der Waals surface area contributed by atoms with Crippen molar-refractivity contribution in [1.29, 1.82) is 0 Å². The SMILES string of the molecule is CC(C)(CO)NCc1cc(C(F)(F)F)cc(C(F)(F)F)c1. The van der Waals surface area contributed by atoms with Crippen molar-refractivity contribution in [3.8, 4) is 0 Å². The summed E-state index contributed by atoms with van der Waals surface area (Å²) >= 11 is 0. The van der Waals surface area contributed by atoms with Gasteiger partial charge in [0.2, 0.25) is 0 Å². The van der Waals surface area contributed by atoms with Gasteiger partial charge in [-0.25, -0.2) is 0 Å². The van der Waals surface area contributed by atoms with Crippen LogP contribution in [0.15, 0.2) is 18.2 Å². The van der Waals surface area contributed by atoms with E-state index in [1.54, 1.807) is 13.8 Å². The summed E-state index contributed by atoms with van der Waals surface area (Å²) in [4.78, 5) is 0. The Balaban J connectivity index is 3.14. The van der Waals surface area contributed by atoms with Gasteiger partial charge in [-0.2, -0.15) is 26.3 Å². The van der Waals surface area contributed by atoms with Crippen molar-refractivity contribution < 1.29 is 31.4 Å². The fraction of sp³-hybridized carbons (Fsp3) is 0.538. The van der Waals surface area contributed by atoms with E-state index in [4.69, 9.17) is 5.11 Å². The van der Waals surface area contributed by atoms with Crippen LogP contribution in [0.3, 0.4) is 0 Å². The molecule has 2 N–H and O–H groups in total. The first-order chi connectivity index (χ1) is 9.35. The lowest BCUT2D eigenvalue weighted by Crippen LogP contribution is -2.42. The molecule has 0 spiro atoms. The molecule has 8 heteroatoms. The third-order valence-electron chi connectivity index (χ3n) is 2.81. The quantitative estimate of drug-likeness (QED) is 0.832. The molecule has 1 aromatic carbocycles. The average Bonchev–Trinajstić information content (AvgIpc) is 2.34. The van der Waals surface area contributed by atoms with E-state index >= 15 is 0 Å². The number of hydrogen-bond acceptors (Lipinski definition) is 2. The maximum absolute atomic E-state index is 12.6. The van der Waals surface area contributed by atoms with Crippen molar-refractivity contribution in [3.05, 3.63) is 34.9 Å². The molecule has 0 aromatic heterocycles. The van der Waals surface area contributed by atoms with Crippen molar-refractivity contribution in [3.63, 3.8) is 0 Å². The van der Waals surface area contributed by atoms with Gasteiger partial charge in [0, 0.05) is 12.1 Å². The minimum Gasteiger partial charge on any atom is -0.394 e. The number of halogens is 6. The Kier molecular flexibility index (Phi) is 4.94. The van der Waals surface area contributed by atoms with Crippen LogP contribution >= 0.6 is 0 Å². The van der Waals surface area contributed by atoms with Gasteiger partial charge in [0.05, 0.1) is 17.7 Å². The number of aliphatic hydroxyl groups is 1. The third-order valence-corrected chi connectivity index (χ3v) is 2.81. The molecule has 0 bridgehead atoms. The zero-order chi connectivity index (χ0) is 16.5. The Morgan fingerprint density at radius 3 is 1.67 bits per heavy atom. The van der Waals surface area contributed by atoms with Gasteiger partial charge >= 0.3 is 12.4 Å². The van der Waals surface area contributed by atoms with Crippen LogP contribution in [-0.2, 0) is 18.9 Å². The molecule has 0 amide bonds. The van der Waals surface area contributed by atoms with E-state index < -0.39 is 29.0 Å². The lowest BCUT2D eigenvalue weighted by molar-refractivity contribution is -0.143. The highest BCUT2D eigenvalue weighted by molar-refractivity contribution is 5.33. The highest BCUT2D eigenvalue weighted by Crippen LogP contribution is 2.36. The van der Waals surface area contributed by atoms with Crippen molar-refractivity contribution in [1.82, 2.24) is 5.32 Å². The van der Waals surface area contributed by atoms with Gasteiger partial charge in [0.25, 0.3) is 0 Å². The molecule has 120 valence electrons. The number of nitrogens with one attached hydrogen (secondary N) is 1. The van der Waals surface area contributed by atoms with E-state index in [0.717, 1.165) is 0 Å². The van der Waals surface area contributed by atoms with Gasteiger partial charge in [-0.15, -0.1) is 0 Å². The number of alkyl halides is 6. The number of benzene rings is 1. The predicted molar refractivity (Wildman–Crippen MR) is 64.5 cm³/mol. The third kappa shape index (κ3) is 5.20. The first-order valence-electron chi connectivity index (χ1n) is 5.99. The van der Waals surface area contributed by atoms with Crippen LogP contribution in [0.5, 0.6) is 0 Å². The fourth-order valence-electron chi connectivity index (χ4n) is 1.52. The molecule has 0 unspecified atom stereocenters. The van der Waals surface area contributed by atoms with E-state index in [-0.39, 0.29) is 24.8 Å². The Labute approximate surface area is 117 Å². The molecule has 0 radical (unpaired) electrons. The second kappa shape index (κ2) is 5.84. The van der Waals surface area contributed by atoms with Crippen molar-refractivity contribution >= 4 is 0 Å². The van der Waals surface area contributed by atoms with E-state index in [0.29, 0.717) is 12.1 Å². The molecule has 2 nitrogen and oxygen atoms in total. The van der Waals surface area contributed by atoms with E-state index in [1.165, 1.54) is 0 Å². The molecule has 0 aliphatic heterocycles. The number of hydrogen-bond donors (Lipinski definition) is 2. The maximum Gasteiger partial charge on any atom is 0.416 e. The topological polar surface area (TPSA) is 32.3 Å². The average molecular weight is 315 g/mol. The van der Waals surface area contributed by atoms with Crippen molar-refractivity contribution in [2.24, 2.45) is 0 Å². The first-order valence-corrected chi connectivity index (χ1v) is 5.99. The monoisotopic (exact) mass is 315 g/mol. The molecule has 0 heterocycles. The normalized spacial score (nSPS) is 13.6. The summed E-state index contributed by atoms with van der Waals surface area (Å²) in [6.45, 7) is 2.62. The summed E-state index contributed by atoms with van der Waals surface area (Å²) in [5, 5.41) is 11.7. The number of rotatable bonds is 4. The molecular formula is C13H15F6NO. The lowest BCUT2D eigenvalue weighted by atomic mass is 10.0. The Bertz CT molecular complexity index is 460. The van der Waals surface area contributed by atoms with E-state index in [2.05, 4.69) is 5.32 Å². The highest BCUT2D eigenvalue weighted by atomic mass is 19.4. The molecule has 1 aromatic rings. The molecule has 0 atom stereocenters. The van der Waals surface area contributed by atoms with Crippen LogP contribution in [-0.4, -0.2) is 17.3 Å². The van der Waals surface area contributed by atoms with Crippen LogP contribution in [0.1, 0.15) is 30.5 Å². The van der Waals surface area contributed by atoms with E-state index in [1.807, 2.05) is 0 Å². The predicted octanol–water partition coefficient (Wildman–Crippen LogP) is 3.58. The summed E-state index contributed by atoms with van der Waals surface area (Å²) in [5.41, 5.74) is -3.67. The fourth-order valence-corrected chi connectivity index (χ4v) is 1.52. The molecule has 0 fully saturated rings. The maximum atomic E-state index is 12.6. The van der Waals surface area contributed by atoms with Gasteiger partial charge in [-0.3, -0.25) is 0 Å². The van der Waals surface area contributed by atoms with Crippen molar-refractivity contribution in [2.45, 2.75) is 38.3 Å². The summed E-state index contributed by atoms with van der Waals surface area (Å²) < 4.78 is 75.9. The Hall–Kier alpha value is -1.28. The van der Waals surface area contributed by atoms with E-state index in [9.17, 15) is 26.3 Å². The van der Waals surface area contributed by atoms with Gasteiger partial charge in [-0.05, 0) is 37.6 Å². The molecule has 0 saturated heterocycles. The van der Waals surface area contributed by atoms with Crippen LogP contribution in [0.4, 0.5) is 26.3 Å². The summed E-state index contributed by atoms with van der Waals surface area (Å²) in [6, 6.07) is 1.41. The minimum atomic E-state index is -4.86. The van der Waals surface area contributed by atoms with Crippen LogP contribution in [0.25, 0.3) is 0 Å². The lowest BCUT2D eigenvalue weighted by Gasteiger charge is -2.24.